The molecule has 2 nitrogen and oxygen atoms in total. The number of carbonyl (C=O) groups is 1. The minimum absolute atomic E-state index is 0.0416. The van der Waals surface area contributed by atoms with Gasteiger partial charge in [0.05, 0.1) is 11.7 Å². The van der Waals surface area contributed by atoms with Crippen LogP contribution in [-0.4, -0.2) is 17.5 Å². The average Bonchev–Trinajstić information content (AvgIpc) is 2.41. The quantitative estimate of drug-likeness (QED) is 0.671. The summed E-state index contributed by atoms with van der Waals surface area (Å²) in [7, 11) is 0. The molecule has 0 N–H and O–H groups in total. The van der Waals surface area contributed by atoms with Crippen molar-refractivity contribution >= 4 is 5.78 Å². The molecular weight excluding hydrogens is 164 g/mol. The Kier molecular flexibility index (Phi) is 3.48. The lowest BCUT2D eigenvalue weighted by Gasteiger charge is -2.18. The fourth-order valence-electron chi connectivity index (χ4n) is 1.78. The van der Waals surface area contributed by atoms with Crippen LogP contribution in [0.25, 0.3) is 0 Å². The molecule has 0 aromatic rings. The predicted octanol–water partition coefficient (Wildman–Crippen LogP) is 2.70. The van der Waals surface area contributed by atoms with Gasteiger partial charge in [0.15, 0.2) is 0 Å². The summed E-state index contributed by atoms with van der Waals surface area (Å²) in [5.41, 5.74) is 0.0416. The number of carbonyl (C=O) groups excluding carboxylic acids is 1. The summed E-state index contributed by atoms with van der Waals surface area (Å²) in [6, 6.07) is 0. The first kappa shape index (κ1) is 10.7. The summed E-state index contributed by atoms with van der Waals surface area (Å²) in [6.07, 6.45) is 4.83. The van der Waals surface area contributed by atoms with Gasteiger partial charge in [-0.1, -0.05) is 6.92 Å². The van der Waals surface area contributed by atoms with E-state index in [-0.39, 0.29) is 5.60 Å². The van der Waals surface area contributed by atoms with Gasteiger partial charge in [-0.15, -0.1) is 0 Å². The van der Waals surface area contributed by atoms with Gasteiger partial charge in [0.2, 0.25) is 0 Å². The summed E-state index contributed by atoms with van der Waals surface area (Å²) in [4.78, 5) is 11.1. The maximum absolute atomic E-state index is 11.1. The molecule has 1 rings (SSSR count). The lowest BCUT2D eigenvalue weighted by Crippen LogP contribution is -2.20. The molecule has 0 aromatic carbocycles. The van der Waals surface area contributed by atoms with Gasteiger partial charge in [-0.2, -0.15) is 0 Å². The number of Topliss-reactive ketones (excluding diaryl/α,β-unsaturated/α-hetero) is 1. The molecule has 1 saturated heterocycles. The fraction of sp³-hybridized carbons (Fsp3) is 0.909. The van der Waals surface area contributed by atoms with Crippen molar-refractivity contribution in [2.75, 3.05) is 0 Å². The summed E-state index contributed by atoms with van der Waals surface area (Å²) in [5, 5.41) is 0. The van der Waals surface area contributed by atoms with Crippen LogP contribution in [0, 0.1) is 0 Å². The first-order valence-corrected chi connectivity index (χ1v) is 5.23. The lowest BCUT2D eigenvalue weighted by molar-refractivity contribution is -0.119. The molecule has 1 atom stereocenters. The highest BCUT2D eigenvalue weighted by atomic mass is 16.5. The zero-order valence-electron chi connectivity index (χ0n) is 8.93. The van der Waals surface area contributed by atoms with Gasteiger partial charge in [-0.05, 0) is 33.1 Å². The molecule has 0 saturated carbocycles. The van der Waals surface area contributed by atoms with Crippen molar-refractivity contribution < 1.29 is 9.53 Å². The van der Waals surface area contributed by atoms with Crippen LogP contribution in [0.3, 0.4) is 0 Å². The van der Waals surface area contributed by atoms with E-state index < -0.39 is 0 Å². The van der Waals surface area contributed by atoms with E-state index in [1.165, 1.54) is 0 Å². The number of rotatable bonds is 4. The van der Waals surface area contributed by atoms with Gasteiger partial charge in [0.1, 0.15) is 5.78 Å². The smallest absolute Gasteiger partial charge is 0.132 e. The maximum atomic E-state index is 11.1. The first-order chi connectivity index (χ1) is 6.03. The van der Waals surface area contributed by atoms with Crippen molar-refractivity contribution in [3.05, 3.63) is 0 Å². The number of hydrogen-bond acceptors (Lipinski definition) is 2. The largest absolute Gasteiger partial charge is 0.372 e. The Labute approximate surface area is 80.7 Å². The third-order valence-corrected chi connectivity index (χ3v) is 2.69. The Hall–Kier alpha value is -0.370. The minimum Gasteiger partial charge on any atom is -0.372 e. The second-order valence-electron chi connectivity index (χ2n) is 4.47. The highest BCUT2D eigenvalue weighted by Gasteiger charge is 2.31. The molecule has 1 aliphatic heterocycles. The van der Waals surface area contributed by atoms with Crippen LogP contribution < -0.4 is 0 Å². The van der Waals surface area contributed by atoms with Crippen LogP contribution in [0.15, 0.2) is 0 Å². The van der Waals surface area contributed by atoms with E-state index in [4.69, 9.17) is 4.74 Å². The van der Waals surface area contributed by atoms with E-state index in [0.29, 0.717) is 24.7 Å². The molecule has 0 aromatic heterocycles. The molecule has 2 heteroatoms. The first-order valence-electron chi connectivity index (χ1n) is 5.23. The third-order valence-electron chi connectivity index (χ3n) is 2.69. The van der Waals surface area contributed by atoms with E-state index in [1.807, 2.05) is 6.92 Å². The summed E-state index contributed by atoms with van der Waals surface area (Å²) in [5.74, 6) is 0.355. The Balaban J connectivity index is 2.21. The molecular formula is C11H20O2. The molecule has 1 heterocycles. The van der Waals surface area contributed by atoms with Crippen molar-refractivity contribution in [3.8, 4) is 0 Å². The van der Waals surface area contributed by atoms with Crippen LogP contribution in [-0.2, 0) is 9.53 Å². The number of hydrogen-bond donors (Lipinski definition) is 0. The third kappa shape index (κ3) is 3.47. The summed E-state index contributed by atoms with van der Waals surface area (Å²) in [6.45, 7) is 6.16. The summed E-state index contributed by atoms with van der Waals surface area (Å²) >= 11 is 0. The molecule has 0 aliphatic carbocycles. The molecule has 1 aliphatic rings. The van der Waals surface area contributed by atoms with E-state index >= 15 is 0 Å². The van der Waals surface area contributed by atoms with Crippen LogP contribution in [0.2, 0.25) is 0 Å². The van der Waals surface area contributed by atoms with E-state index in [1.54, 1.807) is 0 Å². The minimum atomic E-state index is 0.0416. The van der Waals surface area contributed by atoms with Gasteiger partial charge in [-0.3, -0.25) is 4.79 Å². The normalized spacial score (nSPS) is 26.2. The van der Waals surface area contributed by atoms with Crippen molar-refractivity contribution in [1.29, 1.82) is 0 Å². The summed E-state index contributed by atoms with van der Waals surface area (Å²) < 4.78 is 5.79. The van der Waals surface area contributed by atoms with Crippen molar-refractivity contribution in [2.24, 2.45) is 0 Å². The van der Waals surface area contributed by atoms with Crippen LogP contribution in [0.1, 0.15) is 52.9 Å². The topological polar surface area (TPSA) is 26.3 Å². The van der Waals surface area contributed by atoms with Gasteiger partial charge in [0, 0.05) is 12.8 Å². The molecule has 76 valence electrons. The fourth-order valence-corrected chi connectivity index (χ4v) is 1.78. The Morgan fingerprint density at radius 3 is 2.69 bits per heavy atom. The van der Waals surface area contributed by atoms with Crippen molar-refractivity contribution in [3.63, 3.8) is 0 Å². The van der Waals surface area contributed by atoms with E-state index in [2.05, 4.69) is 13.8 Å². The number of ether oxygens (including phenoxy) is 1. The zero-order valence-corrected chi connectivity index (χ0v) is 8.93. The second kappa shape index (κ2) is 4.23. The molecule has 1 fully saturated rings. The SMILES string of the molecule is CCC(=O)CCC1CCC(C)(C)O1. The van der Waals surface area contributed by atoms with Gasteiger partial charge in [0.25, 0.3) is 0 Å². The Bertz CT molecular complexity index is 185. The van der Waals surface area contributed by atoms with Crippen molar-refractivity contribution in [1.82, 2.24) is 0 Å². The average molecular weight is 184 g/mol. The van der Waals surface area contributed by atoms with Gasteiger partial charge >= 0.3 is 0 Å². The maximum Gasteiger partial charge on any atom is 0.132 e. The highest BCUT2D eigenvalue weighted by Crippen LogP contribution is 2.31. The zero-order chi connectivity index (χ0) is 9.90. The Morgan fingerprint density at radius 1 is 1.54 bits per heavy atom. The Morgan fingerprint density at radius 2 is 2.23 bits per heavy atom. The van der Waals surface area contributed by atoms with Crippen LogP contribution in [0.4, 0.5) is 0 Å². The molecule has 0 spiro atoms. The predicted molar refractivity (Wildman–Crippen MR) is 52.7 cm³/mol. The second-order valence-corrected chi connectivity index (χ2v) is 4.47. The van der Waals surface area contributed by atoms with Gasteiger partial charge < -0.3 is 4.74 Å². The van der Waals surface area contributed by atoms with Gasteiger partial charge in [-0.25, -0.2) is 0 Å². The van der Waals surface area contributed by atoms with E-state index in [9.17, 15) is 4.79 Å². The standard InChI is InChI=1S/C11H20O2/c1-4-9(12)5-6-10-7-8-11(2,3)13-10/h10H,4-8H2,1-3H3. The lowest BCUT2D eigenvalue weighted by atomic mass is 10.0. The highest BCUT2D eigenvalue weighted by molar-refractivity contribution is 5.77. The van der Waals surface area contributed by atoms with E-state index in [0.717, 1.165) is 19.3 Å². The van der Waals surface area contributed by atoms with Crippen LogP contribution >= 0.6 is 0 Å². The molecule has 1 unspecified atom stereocenters. The monoisotopic (exact) mass is 184 g/mol. The molecule has 0 amide bonds. The molecule has 0 bridgehead atoms. The van der Waals surface area contributed by atoms with Crippen LogP contribution in [0.5, 0.6) is 0 Å². The van der Waals surface area contributed by atoms with Crippen molar-refractivity contribution in [2.45, 2.75) is 64.6 Å². The number of ketones is 1. The molecule has 13 heavy (non-hydrogen) atoms. The molecule has 0 radical (unpaired) electrons.